The Morgan fingerprint density at radius 2 is 1.94 bits per heavy atom. The predicted octanol–water partition coefficient (Wildman–Crippen LogP) is 2.34. The predicted molar refractivity (Wildman–Crippen MR) is 66.3 cm³/mol. The van der Waals surface area contributed by atoms with Gasteiger partial charge in [0.05, 0.1) is 5.69 Å². The van der Waals surface area contributed by atoms with Crippen molar-refractivity contribution >= 4 is 17.2 Å². The van der Waals surface area contributed by atoms with Crippen molar-refractivity contribution in [2.24, 2.45) is 0 Å². The summed E-state index contributed by atoms with van der Waals surface area (Å²) in [5, 5.41) is 0.676. The first-order valence-electron chi connectivity index (χ1n) is 5.07. The number of halogens is 1. The first kappa shape index (κ1) is 10.1. The van der Waals surface area contributed by atoms with E-state index in [-0.39, 0.29) is 5.69 Å². The van der Waals surface area contributed by atoms with Gasteiger partial charge in [0.15, 0.2) is 0 Å². The maximum Gasteiger partial charge on any atom is 0.331 e. The zero-order valence-corrected chi connectivity index (χ0v) is 9.48. The van der Waals surface area contributed by atoms with Crippen LogP contribution in [0.3, 0.4) is 0 Å². The van der Waals surface area contributed by atoms with Crippen LogP contribution in [0.25, 0.3) is 16.9 Å². The van der Waals surface area contributed by atoms with Gasteiger partial charge in [-0.1, -0.05) is 23.7 Å². The largest absolute Gasteiger partial charge is 0.331 e. The third-order valence-corrected chi connectivity index (χ3v) is 2.78. The Kier molecular flexibility index (Phi) is 2.23. The number of fused-ring (bicyclic) bond motifs is 1. The van der Waals surface area contributed by atoms with E-state index in [1.165, 1.54) is 4.40 Å². The van der Waals surface area contributed by atoms with Crippen LogP contribution in [0.1, 0.15) is 0 Å². The quantitative estimate of drug-likeness (QED) is 0.715. The third-order valence-electron chi connectivity index (χ3n) is 2.53. The van der Waals surface area contributed by atoms with Crippen LogP contribution < -0.4 is 5.69 Å². The maximum absolute atomic E-state index is 11.5. The Labute approximate surface area is 102 Å². The molecule has 3 rings (SSSR count). The van der Waals surface area contributed by atoms with E-state index < -0.39 is 0 Å². The second-order valence-corrected chi connectivity index (χ2v) is 4.08. The van der Waals surface area contributed by atoms with E-state index in [1.54, 1.807) is 30.6 Å². The zero-order chi connectivity index (χ0) is 11.8. The molecule has 17 heavy (non-hydrogen) atoms. The summed E-state index contributed by atoms with van der Waals surface area (Å²) in [5.41, 5.74) is 2.10. The van der Waals surface area contributed by atoms with Crippen LogP contribution in [-0.2, 0) is 0 Å². The lowest BCUT2D eigenvalue weighted by Gasteiger charge is -1.94. The van der Waals surface area contributed by atoms with Gasteiger partial charge < -0.3 is 4.98 Å². The highest BCUT2D eigenvalue weighted by atomic mass is 35.5. The van der Waals surface area contributed by atoms with E-state index in [0.717, 1.165) is 11.3 Å². The SMILES string of the molecule is O=c1[nH]ccc2nc(-c3ccc(Cl)cc3)cn12. The molecular formula is C12H8ClN3O. The van der Waals surface area contributed by atoms with Crippen molar-refractivity contribution in [1.29, 1.82) is 0 Å². The van der Waals surface area contributed by atoms with Crippen LogP contribution in [0.2, 0.25) is 5.02 Å². The molecule has 0 atom stereocenters. The number of H-pyrrole nitrogens is 1. The van der Waals surface area contributed by atoms with E-state index in [0.29, 0.717) is 10.7 Å². The molecule has 0 radical (unpaired) electrons. The molecule has 4 nitrogen and oxygen atoms in total. The van der Waals surface area contributed by atoms with E-state index in [2.05, 4.69) is 9.97 Å². The molecule has 0 saturated carbocycles. The molecule has 2 aromatic heterocycles. The highest BCUT2D eigenvalue weighted by Gasteiger charge is 2.05. The van der Waals surface area contributed by atoms with Crippen LogP contribution >= 0.6 is 11.6 Å². The summed E-state index contributed by atoms with van der Waals surface area (Å²) in [4.78, 5) is 18.5. The number of imidazole rings is 1. The Morgan fingerprint density at radius 3 is 2.65 bits per heavy atom. The summed E-state index contributed by atoms with van der Waals surface area (Å²) in [6.45, 7) is 0. The second kappa shape index (κ2) is 3.75. The topological polar surface area (TPSA) is 50.2 Å². The van der Waals surface area contributed by atoms with Crippen LogP contribution in [-0.4, -0.2) is 14.4 Å². The number of nitrogens with one attached hydrogen (secondary N) is 1. The first-order chi connectivity index (χ1) is 8.24. The van der Waals surface area contributed by atoms with Gasteiger partial charge in [-0.3, -0.25) is 4.40 Å². The second-order valence-electron chi connectivity index (χ2n) is 3.64. The van der Waals surface area contributed by atoms with E-state index >= 15 is 0 Å². The van der Waals surface area contributed by atoms with Gasteiger partial charge in [-0.15, -0.1) is 0 Å². The lowest BCUT2D eigenvalue weighted by molar-refractivity contribution is 1.00. The molecule has 0 aliphatic rings. The summed E-state index contributed by atoms with van der Waals surface area (Å²) in [5.74, 6) is 0. The third kappa shape index (κ3) is 1.72. The highest BCUT2D eigenvalue weighted by Crippen LogP contribution is 2.20. The van der Waals surface area contributed by atoms with Crippen molar-refractivity contribution < 1.29 is 0 Å². The minimum Gasteiger partial charge on any atom is -0.314 e. The monoisotopic (exact) mass is 245 g/mol. The molecule has 3 aromatic rings. The van der Waals surface area contributed by atoms with Gasteiger partial charge in [-0.2, -0.15) is 0 Å². The van der Waals surface area contributed by atoms with Crippen molar-refractivity contribution in [3.63, 3.8) is 0 Å². The van der Waals surface area contributed by atoms with E-state index in [1.807, 2.05) is 12.1 Å². The first-order valence-corrected chi connectivity index (χ1v) is 5.44. The number of aromatic nitrogens is 3. The average molecular weight is 246 g/mol. The highest BCUT2D eigenvalue weighted by molar-refractivity contribution is 6.30. The lowest BCUT2D eigenvalue weighted by atomic mass is 10.2. The summed E-state index contributed by atoms with van der Waals surface area (Å²) in [7, 11) is 0. The molecule has 0 unspecified atom stereocenters. The molecule has 1 aromatic carbocycles. The molecule has 0 aliphatic carbocycles. The number of rotatable bonds is 1. The number of benzene rings is 1. The molecule has 84 valence electrons. The van der Waals surface area contributed by atoms with E-state index in [4.69, 9.17) is 11.6 Å². The summed E-state index contributed by atoms with van der Waals surface area (Å²) < 4.78 is 1.48. The number of nitrogens with zero attached hydrogens (tertiary/aromatic N) is 2. The van der Waals surface area contributed by atoms with Gasteiger partial charge in [0, 0.05) is 23.0 Å². The number of hydrogen-bond donors (Lipinski definition) is 1. The average Bonchev–Trinajstić information content (AvgIpc) is 2.75. The maximum atomic E-state index is 11.5. The smallest absolute Gasteiger partial charge is 0.314 e. The lowest BCUT2D eigenvalue weighted by Crippen LogP contribution is -2.13. The van der Waals surface area contributed by atoms with Gasteiger partial charge in [0.1, 0.15) is 5.65 Å². The summed E-state index contributed by atoms with van der Waals surface area (Å²) in [6, 6.07) is 9.09. The molecule has 1 N–H and O–H groups in total. The minimum atomic E-state index is -0.199. The van der Waals surface area contributed by atoms with Crippen LogP contribution in [0, 0.1) is 0 Å². The van der Waals surface area contributed by atoms with Gasteiger partial charge in [-0.25, -0.2) is 9.78 Å². The van der Waals surface area contributed by atoms with Crippen molar-refractivity contribution in [2.75, 3.05) is 0 Å². The molecule has 0 bridgehead atoms. The zero-order valence-electron chi connectivity index (χ0n) is 8.72. The molecule has 0 spiro atoms. The van der Waals surface area contributed by atoms with Crippen molar-refractivity contribution in [3.8, 4) is 11.3 Å². The van der Waals surface area contributed by atoms with Crippen molar-refractivity contribution in [2.45, 2.75) is 0 Å². The fourth-order valence-electron chi connectivity index (χ4n) is 1.69. The molecule has 0 amide bonds. The van der Waals surface area contributed by atoms with Gasteiger partial charge in [0.25, 0.3) is 0 Å². The Hall–Kier alpha value is -2.07. The standard InChI is InChI=1S/C12H8ClN3O/c13-9-3-1-8(2-4-9)10-7-16-11(15-10)5-6-14-12(16)17/h1-7H,(H,14,17). The minimum absolute atomic E-state index is 0.199. The molecule has 0 fully saturated rings. The van der Waals surface area contributed by atoms with Gasteiger partial charge in [-0.05, 0) is 18.2 Å². The Morgan fingerprint density at radius 1 is 1.18 bits per heavy atom. The normalized spacial score (nSPS) is 10.9. The van der Waals surface area contributed by atoms with Gasteiger partial charge in [0.2, 0.25) is 0 Å². The van der Waals surface area contributed by atoms with Crippen LogP contribution in [0.15, 0.2) is 47.5 Å². The molecule has 5 heteroatoms. The van der Waals surface area contributed by atoms with Gasteiger partial charge >= 0.3 is 5.69 Å². The summed E-state index contributed by atoms with van der Waals surface area (Å²) in [6.07, 6.45) is 3.29. The number of aromatic amines is 1. The molecule has 0 aliphatic heterocycles. The Balaban J connectivity index is 2.21. The Bertz CT molecular complexity index is 727. The molecular weight excluding hydrogens is 238 g/mol. The number of hydrogen-bond acceptors (Lipinski definition) is 2. The van der Waals surface area contributed by atoms with Crippen LogP contribution in [0.4, 0.5) is 0 Å². The van der Waals surface area contributed by atoms with Crippen LogP contribution in [0.5, 0.6) is 0 Å². The fourth-order valence-corrected chi connectivity index (χ4v) is 1.82. The summed E-state index contributed by atoms with van der Waals surface area (Å²) >= 11 is 5.82. The fraction of sp³-hybridized carbons (Fsp3) is 0. The van der Waals surface area contributed by atoms with Crippen molar-refractivity contribution in [1.82, 2.24) is 14.4 Å². The van der Waals surface area contributed by atoms with E-state index in [9.17, 15) is 4.79 Å². The molecule has 2 heterocycles. The van der Waals surface area contributed by atoms with Crippen molar-refractivity contribution in [3.05, 3.63) is 58.2 Å². The molecule has 0 saturated heterocycles.